The molecule has 3 N–H and O–H groups in total. The largest absolute Gasteiger partial charge is 0.395 e. The van der Waals surface area contributed by atoms with Crippen LogP contribution >= 0.6 is 0 Å². The minimum absolute atomic E-state index is 0.0706. The molecule has 0 atom stereocenters. The molecular weight excluding hydrogens is 340 g/mol. The average molecular weight is 371 g/mol. The third kappa shape index (κ3) is 3.93. The third-order valence-electron chi connectivity index (χ3n) is 5.39. The molecule has 7 nitrogen and oxygen atoms in total. The average Bonchev–Trinajstić information content (AvgIpc) is 2.69. The van der Waals surface area contributed by atoms with E-state index < -0.39 is 0 Å². The Hall–Kier alpha value is -2.54. The number of nitrogen functional groups attached to an aromatic ring is 1. The number of benzene rings is 1. The van der Waals surface area contributed by atoms with Crippen LogP contribution in [-0.4, -0.2) is 60.9 Å². The van der Waals surface area contributed by atoms with Crippen molar-refractivity contribution >= 4 is 23.0 Å². The van der Waals surface area contributed by atoms with Gasteiger partial charge in [0.15, 0.2) is 11.6 Å². The molecule has 3 rings (SSSR count). The topological polar surface area (TPSA) is 81.8 Å². The molecule has 0 saturated carbocycles. The minimum Gasteiger partial charge on any atom is -0.395 e. The van der Waals surface area contributed by atoms with Crippen molar-refractivity contribution in [1.82, 2.24) is 9.97 Å². The van der Waals surface area contributed by atoms with E-state index in [1.54, 1.807) is 6.33 Å². The fourth-order valence-electron chi connectivity index (χ4n) is 3.65. The van der Waals surface area contributed by atoms with Crippen LogP contribution in [0.3, 0.4) is 0 Å². The van der Waals surface area contributed by atoms with E-state index in [1.807, 2.05) is 11.8 Å². The van der Waals surface area contributed by atoms with E-state index in [9.17, 15) is 5.11 Å². The van der Waals surface area contributed by atoms with Crippen molar-refractivity contribution < 1.29 is 5.11 Å². The lowest BCUT2D eigenvalue weighted by Gasteiger charge is -2.38. The monoisotopic (exact) mass is 370 g/mol. The van der Waals surface area contributed by atoms with Gasteiger partial charge in [-0.15, -0.1) is 0 Å². The van der Waals surface area contributed by atoms with Crippen molar-refractivity contribution in [3.63, 3.8) is 0 Å². The van der Waals surface area contributed by atoms with Gasteiger partial charge in [-0.05, 0) is 38.0 Å². The number of aliphatic hydroxyl groups excluding tert-OH is 1. The summed E-state index contributed by atoms with van der Waals surface area (Å²) in [5, 5.41) is 9.28. The van der Waals surface area contributed by atoms with E-state index in [4.69, 9.17) is 5.73 Å². The number of aryl methyl sites for hydroxylation is 1. The van der Waals surface area contributed by atoms with Crippen LogP contribution in [-0.2, 0) is 0 Å². The molecule has 0 aliphatic carbocycles. The predicted octanol–water partition coefficient (Wildman–Crippen LogP) is 1.82. The highest BCUT2D eigenvalue weighted by Crippen LogP contribution is 2.30. The number of hydrogen-bond acceptors (Lipinski definition) is 7. The number of nitrogens with two attached hydrogens (primary N) is 1. The van der Waals surface area contributed by atoms with Crippen LogP contribution in [0.15, 0.2) is 24.5 Å². The van der Waals surface area contributed by atoms with Crippen LogP contribution in [0.2, 0.25) is 0 Å². The second-order valence-electron chi connectivity index (χ2n) is 6.93. The van der Waals surface area contributed by atoms with Crippen molar-refractivity contribution in [3.8, 4) is 0 Å². The molecular formula is C20H30N6O. The summed E-state index contributed by atoms with van der Waals surface area (Å²) in [6.45, 7) is 11.3. The highest BCUT2D eigenvalue weighted by molar-refractivity contribution is 5.76. The van der Waals surface area contributed by atoms with E-state index in [0.29, 0.717) is 18.1 Å². The van der Waals surface area contributed by atoms with Gasteiger partial charge >= 0.3 is 0 Å². The Bertz CT molecular complexity index is 773. The van der Waals surface area contributed by atoms with Crippen LogP contribution in [0, 0.1) is 13.8 Å². The summed E-state index contributed by atoms with van der Waals surface area (Å²) in [6.07, 6.45) is 1.57. The first-order chi connectivity index (χ1) is 13.1. The van der Waals surface area contributed by atoms with Gasteiger partial charge in [0.1, 0.15) is 12.0 Å². The zero-order valence-electron chi connectivity index (χ0n) is 16.5. The summed E-state index contributed by atoms with van der Waals surface area (Å²) in [7, 11) is 0. The van der Waals surface area contributed by atoms with Crippen molar-refractivity contribution in [2.45, 2.75) is 20.8 Å². The second kappa shape index (κ2) is 8.43. The number of likely N-dealkylation sites (N-methyl/N-ethyl adjacent to an activating group) is 1. The third-order valence-corrected chi connectivity index (χ3v) is 5.39. The maximum absolute atomic E-state index is 9.28. The molecule has 0 spiro atoms. The molecule has 1 aliphatic heterocycles. The Kier molecular flexibility index (Phi) is 6.01. The number of aromatic nitrogens is 2. The molecule has 7 heteroatoms. The predicted molar refractivity (Wildman–Crippen MR) is 112 cm³/mol. The number of aliphatic hydroxyl groups is 1. The Morgan fingerprint density at radius 1 is 1.11 bits per heavy atom. The highest BCUT2D eigenvalue weighted by atomic mass is 16.3. The first-order valence-corrected chi connectivity index (χ1v) is 9.59. The van der Waals surface area contributed by atoms with Gasteiger partial charge in [0.2, 0.25) is 0 Å². The van der Waals surface area contributed by atoms with Crippen molar-refractivity contribution in [1.29, 1.82) is 0 Å². The van der Waals surface area contributed by atoms with Crippen LogP contribution in [0.25, 0.3) is 0 Å². The maximum atomic E-state index is 9.28. The second-order valence-corrected chi connectivity index (χ2v) is 6.93. The summed E-state index contributed by atoms with van der Waals surface area (Å²) < 4.78 is 0. The van der Waals surface area contributed by atoms with E-state index in [1.165, 1.54) is 16.8 Å². The standard InChI is InChI=1S/C20H30N6O/c1-4-24(12-13-27)19-18(21)20(23-14-22-19)26-10-8-25(9-11-26)17-7-5-6-15(2)16(17)3/h5-7,14,27H,4,8-13,21H2,1-3H3. The van der Waals surface area contributed by atoms with Gasteiger partial charge in [-0.1, -0.05) is 12.1 Å². The lowest BCUT2D eigenvalue weighted by atomic mass is 10.1. The Labute approximate surface area is 161 Å². The first kappa shape index (κ1) is 19.2. The molecule has 0 unspecified atom stereocenters. The molecule has 27 heavy (non-hydrogen) atoms. The summed E-state index contributed by atoms with van der Waals surface area (Å²) in [6, 6.07) is 6.48. The molecule has 1 aliphatic rings. The summed E-state index contributed by atoms with van der Waals surface area (Å²) in [4.78, 5) is 15.4. The summed E-state index contributed by atoms with van der Waals surface area (Å²) in [5.74, 6) is 1.49. The van der Waals surface area contributed by atoms with Crippen LogP contribution in [0.4, 0.5) is 23.0 Å². The Balaban J connectivity index is 1.75. The Morgan fingerprint density at radius 2 is 1.81 bits per heavy atom. The fraction of sp³-hybridized carbons (Fsp3) is 0.500. The number of nitrogens with zero attached hydrogens (tertiary/aromatic N) is 5. The quantitative estimate of drug-likeness (QED) is 0.803. The molecule has 1 aromatic heterocycles. The lowest BCUT2D eigenvalue weighted by molar-refractivity contribution is 0.302. The van der Waals surface area contributed by atoms with E-state index in [-0.39, 0.29) is 6.61 Å². The maximum Gasteiger partial charge on any atom is 0.157 e. The molecule has 1 saturated heterocycles. The van der Waals surface area contributed by atoms with Gasteiger partial charge in [0.05, 0.1) is 6.61 Å². The Morgan fingerprint density at radius 3 is 2.48 bits per heavy atom. The molecule has 0 amide bonds. The fourth-order valence-corrected chi connectivity index (χ4v) is 3.65. The number of rotatable bonds is 6. The SMILES string of the molecule is CCN(CCO)c1ncnc(N2CCN(c3cccc(C)c3C)CC2)c1N. The van der Waals surface area contributed by atoms with E-state index in [0.717, 1.165) is 38.5 Å². The molecule has 1 aromatic carbocycles. The minimum atomic E-state index is 0.0706. The smallest absolute Gasteiger partial charge is 0.157 e. The van der Waals surface area contributed by atoms with Crippen molar-refractivity contribution in [2.75, 3.05) is 66.3 Å². The number of piperazine rings is 1. The lowest BCUT2D eigenvalue weighted by Crippen LogP contribution is -2.47. The normalized spacial score (nSPS) is 14.5. The summed E-state index contributed by atoms with van der Waals surface area (Å²) >= 11 is 0. The van der Waals surface area contributed by atoms with Gasteiger partial charge in [0, 0.05) is 45.0 Å². The zero-order valence-corrected chi connectivity index (χ0v) is 16.5. The number of anilines is 4. The zero-order chi connectivity index (χ0) is 19.4. The van der Waals surface area contributed by atoms with Crippen molar-refractivity contribution in [2.24, 2.45) is 0 Å². The molecule has 1 fully saturated rings. The van der Waals surface area contributed by atoms with Crippen molar-refractivity contribution in [3.05, 3.63) is 35.7 Å². The molecule has 146 valence electrons. The van der Waals surface area contributed by atoms with E-state index in [2.05, 4.69) is 51.8 Å². The van der Waals surface area contributed by atoms with Gasteiger partial charge in [-0.2, -0.15) is 0 Å². The molecule has 0 bridgehead atoms. The van der Waals surface area contributed by atoms with E-state index >= 15 is 0 Å². The van der Waals surface area contributed by atoms with Gasteiger partial charge < -0.3 is 25.5 Å². The van der Waals surface area contributed by atoms with Crippen LogP contribution < -0.4 is 20.4 Å². The van der Waals surface area contributed by atoms with Crippen LogP contribution in [0.1, 0.15) is 18.1 Å². The first-order valence-electron chi connectivity index (χ1n) is 9.59. The van der Waals surface area contributed by atoms with Crippen LogP contribution in [0.5, 0.6) is 0 Å². The highest BCUT2D eigenvalue weighted by Gasteiger charge is 2.23. The molecule has 2 heterocycles. The van der Waals surface area contributed by atoms with Gasteiger partial charge in [-0.3, -0.25) is 0 Å². The molecule has 2 aromatic rings. The van der Waals surface area contributed by atoms with Gasteiger partial charge in [-0.25, -0.2) is 9.97 Å². The van der Waals surface area contributed by atoms with Gasteiger partial charge in [0.25, 0.3) is 0 Å². The summed E-state index contributed by atoms with van der Waals surface area (Å²) in [5.41, 5.74) is 11.0. The number of hydrogen-bond donors (Lipinski definition) is 2. The molecule has 0 radical (unpaired) electrons.